The molecule has 3 nitrogen and oxygen atoms in total. The third kappa shape index (κ3) is 1.82. The number of rotatable bonds is 2. The first-order valence-electron chi connectivity index (χ1n) is 5.17. The SMILES string of the molecule is C=CC1CC(=O)N(c2cccc(C#N)c2)C1. The fourth-order valence-corrected chi connectivity index (χ4v) is 1.89. The molecule has 0 aliphatic carbocycles. The van der Waals surface area contributed by atoms with Crippen molar-refractivity contribution < 1.29 is 4.79 Å². The Bertz CT molecular complexity index is 473. The van der Waals surface area contributed by atoms with E-state index in [2.05, 4.69) is 12.6 Å². The van der Waals surface area contributed by atoms with E-state index in [0.29, 0.717) is 18.5 Å². The molecule has 0 aromatic heterocycles. The van der Waals surface area contributed by atoms with Gasteiger partial charge in [-0.25, -0.2) is 0 Å². The Morgan fingerprint density at radius 3 is 3.00 bits per heavy atom. The number of nitrogens with zero attached hydrogens (tertiary/aromatic N) is 2. The molecule has 0 N–H and O–H groups in total. The molecule has 80 valence electrons. The normalized spacial score (nSPS) is 19.6. The molecule has 1 heterocycles. The van der Waals surface area contributed by atoms with Gasteiger partial charge in [-0.2, -0.15) is 5.26 Å². The fourth-order valence-electron chi connectivity index (χ4n) is 1.89. The molecule has 16 heavy (non-hydrogen) atoms. The number of benzene rings is 1. The van der Waals surface area contributed by atoms with Crippen molar-refractivity contribution in [3.05, 3.63) is 42.5 Å². The molecule has 1 aromatic rings. The van der Waals surface area contributed by atoms with Gasteiger partial charge < -0.3 is 4.90 Å². The number of carbonyl (C=O) groups is 1. The molecule has 1 fully saturated rings. The maximum atomic E-state index is 11.7. The van der Waals surface area contributed by atoms with Crippen LogP contribution in [0.2, 0.25) is 0 Å². The maximum absolute atomic E-state index is 11.7. The van der Waals surface area contributed by atoms with E-state index in [0.717, 1.165) is 5.69 Å². The molecule has 1 saturated heterocycles. The predicted molar refractivity (Wildman–Crippen MR) is 61.8 cm³/mol. The van der Waals surface area contributed by atoms with Crippen LogP contribution in [0.1, 0.15) is 12.0 Å². The summed E-state index contributed by atoms with van der Waals surface area (Å²) < 4.78 is 0. The summed E-state index contributed by atoms with van der Waals surface area (Å²) in [6.45, 7) is 4.37. The molecule has 2 rings (SSSR count). The first-order valence-corrected chi connectivity index (χ1v) is 5.17. The minimum absolute atomic E-state index is 0.0972. The van der Waals surface area contributed by atoms with Gasteiger partial charge in [0.25, 0.3) is 0 Å². The summed E-state index contributed by atoms with van der Waals surface area (Å²) in [6, 6.07) is 9.19. The van der Waals surface area contributed by atoms with Gasteiger partial charge in [-0.1, -0.05) is 12.1 Å². The summed E-state index contributed by atoms with van der Waals surface area (Å²) in [5.41, 5.74) is 1.38. The molecule has 0 saturated carbocycles. The zero-order valence-corrected chi connectivity index (χ0v) is 8.89. The quantitative estimate of drug-likeness (QED) is 0.704. The number of anilines is 1. The number of carbonyl (C=O) groups excluding carboxylic acids is 1. The van der Waals surface area contributed by atoms with Gasteiger partial charge in [0.05, 0.1) is 11.6 Å². The van der Waals surface area contributed by atoms with E-state index < -0.39 is 0 Å². The molecule has 1 aliphatic rings. The van der Waals surface area contributed by atoms with Crippen molar-refractivity contribution in [1.82, 2.24) is 0 Å². The maximum Gasteiger partial charge on any atom is 0.227 e. The third-order valence-electron chi connectivity index (χ3n) is 2.78. The van der Waals surface area contributed by atoms with Gasteiger partial charge in [0, 0.05) is 24.6 Å². The van der Waals surface area contributed by atoms with Crippen molar-refractivity contribution in [3.63, 3.8) is 0 Å². The first kappa shape index (κ1) is 10.4. The summed E-state index contributed by atoms with van der Waals surface area (Å²) in [5.74, 6) is 0.318. The molecule has 0 radical (unpaired) electrons. The van der Waals surface area contributed by atoms with Gasteiger partial charge in [0.15, 0.2) is 0 Å². The second-order valence-corrected chi connectivity index (χ2v) is 3.87. The van der Waals surface area contributed by atoms with E-state index >= 15 is 0 Å². The van der Waals surface area contributed by atoms with Crippen LogP contribution >= 0.6 is 0 Å². The summed E-state index contributed by atoms with van der Waals surface area (Å²) in [7, 11) is 0. The second-order valence-electron chi connectivity index (χ2n) is 3.87. The first-order chi connectivity index (χ1) is 7.74. The molecule has 1 aromatic carbocycles. The van der Waals surface area contributed by atoms with Crippen LogP contribution in [-0.4, -0.2) is 12.5 Å². The molecule has 1 atom stereocenters. The topological polar surface area (TPSA) is 44.1 Å². The molecular formula is C13H12N2O. The van der Waals surface area contributed by atoms with Gasteiger partial charge in [-0.3, -0.25) is 4.79 Å². The zero-order chi connectivity index (χ0) is 11.5. The summed E-state index contributed by atoms with van der Waals surface area (Å²) >= 11 is 0. The lowest BCUT2D eigenvalue weighted by Crippen LogP contribution is -2.24. The van der Waals surface area contributed by atoms with E-state index in [4.69, 9.17) is 5.26 Å². The van der Waals surface area contributed by atoms with Crippen LogP contribution in [0.15, 0.2) is 36.9 Å². The summed E-state index contributed by atoms with van der Waals surface area (Å²) in [4.78, 5) is 13.5. The summed E-state index contributed by atoms with van der Waals surface area (Å²) in [6.07, 6.45) is 2.33. The Morgan fingerprint density at radius 2 is 2.38 bits per heavy atom. The van der Waals surface area contributed by atoms with Gasteiger partial charge >= 0.3 is 0 Å². The highest BCUT2D eigenvalue weighted by Crippen LogP contribution is 2.25. The van der Waals surface area contributed by atoms with E-state index in [9.17, 15) is 4.79 Å². The average Bonchev–Trinajstić information content (AvgIpc) is 2.71. The highest BCUT2D eigenvalue weighted by Gasteiger charge is 2.28. The van der Waals surface area contributed by atoms with Gasteiger partial charge in [-0.15, -0.1) is 6.58 Å². The number of nitriles is 1. The van der Waals surface area contributed by atoms with E-state index in [-0.39, 0.29) is 11.8 Å². The lowest BCUT2D eigenvalue weighted by atomic mass is 10.1. The van der Waals surface area contributed by atoms with Crippen molar-refractivity contribution in [2.45, 2.75) is 6.42 Å². The molecule has 1 aliphatic heterocycles. The van der Waals surface area contributed by atoms with Crippen LogP contribution in [-0.2, 0) is 4.79 Å². The Labute approximate surface area is 94.6 Å². The van der Waals surface area contributed by atoms with Crippen molar-refractivity contribution in [2.24, 2.45) is 5.92 Å². The van der Waals surface area contributed by atoms with Gasteiger partial charge in [-0.05, 0) is 18.2 Å². The monoisotopic (exact) mass is 212 g/mol. The molecule has 1 unspecified atom stereocenters. The minimum Gasteiger partial charge on any atom is -0.312 e. The molecule has 0 bridgehead atoms. The summed E-state index contributed by atoms with van der Waals surface area (Å²) in [5, 5.41) is 8.80. The Morgan fingerprint density at radius 1 is 1.56 bits per heavy atom. The van der Waals surface area contributed by atoms with E-state index in [1.807, 2.05) is 12.1 Å². The predicted octanol–water partition coefficient (Wildman–Crippen LogP) is 2.10. The number of amides is 1. The van der Waals surface area contributed by atoms with Crippen molar-refractivity contribution in [3.8, 4) is 6.07 Å². The molecular weight excluding hydrogens is 200 g/mol. The zero-order valence-electron chi connectivity index (χ0n) is 8.89. The number of hydrogen-bond acceptors (Lipinski definition) is 2. The van der Waals surface area contributed by atoms with Crippen molar-refractivity contribution >= 4 is 11.6 Å². The van der Waals surface area contributed by atoms with Crippen molar-refractivity contribution in [1.29, 1.82) is 5.26 Å². The Balaban J connectivity index is 2.28. The van der Waals surface area contributed by atoms with Gasteiger partial charge in [0.1, 0.15) is 0 Å². The van der Waals surface area contributed by atoms with E-state index in [1.165, 1.54) is 0 Å². The molecule has 1 amide bonds. The fraction of sp³-hybridized carbons (Fsp3) is 0.231. The smallest absolute Gasteiger partial charge is 0.227 e. The minimum atomic E-state index is 0.0972. The third-order valence-corrected chi connectivity index (χ3v) is 2.78. The average molecular weight is 212 g/mol. The largest absolute Gasteiger partial charge is 0.312 e. The van der Waals surface area contributed by atoms with Crippen LogP contribution in [0.4, 0.5) is 5.69 Å². The number of hydrogen-bond donors (Lipinski definition) is 0. The van der Waals surface area contributed by atoms with Crippen molar-refractivity contribution in [2.75, 3.05) is 11.4 Å². The lowest BCUT2D eigenvalue weighted by molar-refractivity contribution is -0.117. The highest BCUT2D eigenvalue weighted by atomic mass is 16.2. The standard InChI is InChI=1S/C13H12N2O/c1-2-10-7-13(16)15(9-10)12-5-3-4-11(6-12)8-14/h2-6,10H,1,7,9H2. The van der Waals surface area contributed by atoms with Crippen LogP contribution in [0.5, 0.6) is 0 Å². The van der Waals surface area contributed by atoms with Crippen LogP contribution in [0.25, 0.3) is 0 Å². The Hall–Kier alpha value is -2.08. The second kappa shape index (κ2) is 4.19. The highest BCUT2D eigenvalue weighted by molar-refractivity contribution is 5.96. The van der Waals surface area contributed by atoms with Crippen LogP contribution in [0.3, 0.4) is 0 Å². The van der Waals surface area contributed by atoms with Gasteiger partial charge in [0.2, 0.25) is 5.91 Å². The van der Waals surface area contributed by atoms with Crippen LogP contribution in [0, 0.1) is 17.2 Å². The molecule has 3 heteroatoms. The van der Waals surface area contributed by atoms with E-state index in [1.54, 1.807) is 23.1 Å². The molecule has 0 spiro atoms. The van der Waals surface area contributed by atoms with Crippen LogP contribution < -0.4 is 4.90 Å². The Kier molecular flexibility index (Phi) is 2.74. The lowest BCUT2D eigenvalue weighted by Gasteiger charge is -2.16.